The molecule has 1 aromatic heterocycles. The van der Waals surface area contributed by atoms with Crippen LogP contribution in [0.1, 0.15) is 30.1 Å². The number of morpholine rings is 1. The number of hydrogen-bond acceptors (Lipinski definition) is 6. The van der Waals surface area contributed by atoms with Crippen LogP contribution in [0.3, 0.4) is 0 Å². The normalized spacial score (nSPS) is 28.8. The van der Waals surface area contributed by atoms with Crippen molar-refractivity contribution in [2.45, 2.75) is 25.4 Å². The minimum absolute atomic E-state index is 0.00808. The van der Waals surface area contributed by atoms with Crippen LogP contribution in [0.2, 0.25) is 0 Å². The van der Waals surface area contributed by atoms with Crippen molar-refractivity contribution in [1.29, 1.82) is 0 Å². The van der Waals surface area contributed by atoms with Gasteiger partial charge in [0.25, 0.3) is 11.5 Å². The Kier molecular flexibility index (Phi) is 4.98. The molecule has 9 nitrogen and oxygen atoms in total. The standard InChI is InChI=1S/C16H22N4O5S/c1-12(21)20-5-6-25-16(10-20)3-7-26(24,8-4-16)18-14(22)13-9-17-11-19(2)15(13)23/h9,11H,3-8,10H2,1-2H3. The number of carbonyl (C=O) groups is 2. The Morgan fingerprint density at radius 2 is 2.04 bits per heavy atom. The van der Waals surface area contributed by atoms with E-state index in [9.17, 15) is 18.6 Å². The number of amides is 2. The van der Waals surface area contributed by atoms with Gasteiger partial charge in [0.2, 0.25) is 5.91 Å². The van der Waals surface area contributed by atoms with E-state index in [1.54, 1.807) is 4.90 Å². The van der Waals surface area contributed by atoms with E-state index in [-0.39, 0.29) is 23.0 Å². The Labute approximate surface area is 151 Å². The van der Waals surface area contributed by atoms with E-state index >= 15 is 0 Å². The molecule has 0 saturated carbocycles. The summed E-state index contributed by atoms with van der Waals surface area (Å²) in [6, 6.07) is 0. The molecule has 0 atom stereocenters. The van der Waals surface area contributed by atoms with E-state index < -0.39 is 26.8 Å². The molecule has 2 amide bonds. The van der Waals surface area contributed by atoms with Crippen LogP contribution in [0.4, 0.5) is 0 Å². The summed E-state index contributed by atoms with van der Waals surface area (Å²) in [7, 11) is -1.28. The van der Waals surface area contributed by atoms with E-state index in [4.69, 9.17) is 4.74 Å². The Hall–Kier alpha value is -2.07. The molecule has 2 aliphatic rings. The maximum absolute atomic E-state index is 13.0. The molecule has 10 heteroatoms. The fourth-order valence-corrected chi connectivity index (χ4v) is 5.45. The first-order valence-corrected chi connectivity index (χ1v) is 10.3. The maximum atomic E-state index is 13.0. The zero-order valence-corrected chi connectivity index (χ0v) is 15.7. The van der Waals surface area contributed by atoms with Crippen LogP contribution in [0.25, 0.3) is 0 Å². The minimum atomic E-state index is -2.76. The van der Waals surface area contributed by atoms with Crippen molar-refractivity contribution in [3.8, 4) is 0 Å². The second kappa shape index (κ2) is 6.92. The van der Waals surface area contributed by atoms with Crippen molar-refractivity contribution in [1.82, 2.24) is 14.5 Å². The highest BCUT2D eigenvalue weighted by molar-refractivity contribution is 7.93. The number of nitrogens with zero attached hydrogens (tertiary/aromatic N) is 4. The van der Waals surface area contributed by atoms with E-state index in [1.807, 2.05) is 0 Å². The first kappa shape index (κ1) is 18.7. The second-order valence-electron chi connectivity index (χ2n) is 6.77. The third kappa shape index (κ3) is 3.70. The van der Waals surface area contributed by atoms with Gasteiger partial charge in [-0.1, -0.05) is 0 Å². The van der Waals surface area contributed by atoms with Crippen LogP contribution in [0, 0.1) is 0 Å². The number of aromatic nitrogens is 2. The Balaban J connectivity index is 1.77. The second-order valence-corrected chi connectivity index (χ2v) is 9.32. The topological polar surface area (TPSA) is 111 Å². The number of rotatable bonds is 1. The first-order valence-electron chi connectivity index (χ1n) is 8.41. The van der Waals surface area contributed by atoms with Crippen molar-refractivity contribution in [3.63, 3.8) is 0 Å². The lowest BCUT2D eigenvalue weighted by Gasteiger charge is -2.45. The summed E-state index contributed by atoms with van der Waals surface area (Å²) in [6.45, 7) is 2.99. The van der Waals surface area contributed by atoms with Gasteiger partial charge >= 0.3 is 0 Å². The van der Waals surface area contributed by atoms with Crippen molar-refractivity contribution >= 4 is 21.5 Å². The summed E-state index contributed by atoms with van der Waals surface area (Å²) in [4.78, 5) is 41.5. The van der Waals surface area contributed by atoms with E-state index in [1.165, 1.54) is 24.9 Å². The molecular formula is C16H22N4O5S. The van der Waals surface area contributed by atoms with E-state index in [0.29, 0.717) is 32.5 Å². The van der Waals surface area contributed by atoms with Gasteiger partial charge in [-0.05, 0) is 12.8 Å². The molecule has 0 aliphatic carbocycles. The third-order valence-electron chi connectivity index (χ3n) is 4.92. The Morgan fingerprint density at radius 3 is 2.69 bits per heavy atom. The molecule has 2 fully saturated rings. The molecule has 0 radical (unpaired) electrons. The van der Waals surface area contributed by atoms with E-state index in [0.717, 1.165) is 6.20 Å². The number of hydrogen-bond donors (Lipinski definition) is 0. The molecule has 26 heavy (non-hydrogen) atoms. The minimum Gasteiger partial charge on any atom is -0.371 e. The van der Waals surface area contributed by atoms with Crippen LogP contribution in [0.5, 0.6) is 0 Å². The number of aryl methyl sites for hydroxylation is 1. The van der Waals surface area contributed by atoms with Gasteiger partial charge in [-0.3, -0.25) is 14.4 Å². The molecule has 1 spiro atoms. The molecule has 3 heterocycles. The van der Waals surface area contributed by atoms with Gasteiger partial charge in [0.05, 0.1) is 28.3 Å². The zero-order chi connectivity index (χ0) is 18.9. The van der Waals surface area contributed by atoms with Crippen LogP contribution in [-0.4, -0.2) is 67.3 Å². The van der Waals surface area contributed by atoms with Gasteiger partial charge in [0, 0.05) is 44.8 Å². The molecule has 3 rings (SSSR count). The van der Waals surface area contributed by atoms with Crippen LogP contribution < -0.4 is 5.56 Å². The lowest BCUT2D eigenvalue weighted by atomic mass is 9.94. The highest BCUT2D eigenvalue weighted by Gasteiger charge is 2.42. The van der Waals surface area contributed by atoms with Gasteiger partial charge in [-0.25, -0.2) is 9.19 Å². The largest absolute Gasteiger partial charge is 0.371 e. The summed E-state index contributed by atoms with van der Waals surface area (Å²) >= 11 is 0. The van der Waals surface area contributed by atoms with E-state index in [2.05, 4.69) is 9.35 Å². The summed E-state index contributed by atoms with van der Waals surface area (Å²) in [6.07, 6.45) is 3.36. The monoisotopic (exact) mass is 382 g/mol. The van der Waals surface area contributed by atoms with Crippen molar-refractivity contribution < 1.29 is 18.5 Å². The molecule has 1 aromatic rings. The average molecular weight is 382 g/mol. The SMILES string of the molecule is CC(=O)N1CCOC2(CCS(=O)(=NC(=O)c3cncn(C)c3=O)CC2)C1. The highest BCUT2D eigenvalue weighted by atomic mass is 32.2. The summed E-state index contributed by atoms with van der Waals surface area (Å²) < 4.78 is 23.9. The summed E-state index contributed by atoms with van der Waals surface area (Å²) in [5.41, 5.74) is -1.22. The molecular weight excluding hydrogens is 360 g/mol. The molecule has 2 aliphatic heterocycles. The average Bonchev–Trinajstić information content (AvgIpc) is 2.60. The molecule has 0 bridgehead atoms. The third-order valence-corrected chi connectivity index (χ3v) is 7.10. The predicted octanol–water partition coefficient (Wildman–Crippen LogP) is -0.200. The van der Waals surface area contributed by atoms with Crippen molar-refractivity contribution in [2.24, 2.45) is 11.4 Å². The quantitative estimate of drug-likeness (QED) is 0.665. The van der Waals surface area contributed by atoms with Gasteiger partial charge in [-0.2, -0.15) is 4.36 Å². The molecule has 0 aromatic carbocycles. The smallest absolute Gasteiger partial charge is 0.292 e. The van der Waals surface area contributed by atoms with Crippen molar-refractivity contribution in [3.05, 3.63) is 28.4 Å². The molecule has 2 saturated heterocycles. The first-order chi connectivity index (χ1) is 12.2. The molecule has 142 valence electrons. The number of ether oxygens (including phenoxy) is 1. The summed E-state index contributed by atoms with van der Waals surface area (Å²) in [5, 5.41) is 0. The Bertz CT molecular complexity index is 901. The fraction of sp³-hybridized carbons (Fsp3) is 0.625. The molecule has 0 N–H and O–H groups in total. The van der Waals surface area contributed by atoms with Crippen LogP contribution >= 0.6 is 0 Å². The lowest BCUT2D eigenvalue weighted by molar-refractivity contribution is -0.150. The summed E-state index contributed by atoms with van der Waals surface area (Å²) in [5.74, 6) is -0.406. The number of carbonyl (C=O) groups excluding carboxylic acids is 2. The van der Waals surface area contributed by atoms with Gasteiger partial charge < -0.3 is 14.2 Å². The van der Waals surface area contributed by atoms with Crippen molar-refractivity contribution in [2.75, 3.05) is 31.2 Å². The van der Waals surface area contributed by atoms with Crippen LogP contribution in [-0.2, 0) is 26.3 Å². The fourth-order valence-electron chi connectivity index (χ4n) is 3.28. The zero-order valence-electron chi connectivity index (χ0n) is 14.8. The Morgan fingerprint density at radius 1 is 1.35 bits per heavy atom. The lowest BCUT2D eigenvalue weighted by Crippen LogP contribution is -2.56. The predicted molar refractivity (Wildman–Crippen MR) is 94.3 cm³/mol. The highest BCUT2D eigenvalue weighted by Crippen LogP contribution is 2.32. The molecule has 0 unspecified atom stereocenters. The van der Waals surface area contributed by atoms with Gasteiger partial charge in [0.15, 0.2) is 0 Å². The van der Waals surface area contributed by atoms with Gasteiger partial charge in [-0.15, -0.1) is 0 Å². The van der Waals surface area contributed by atoms with Gasteiger partial charge in [0.1, 0.15) is 5.56 Å². The maximum Gasteiger partial charge on any atom is 0.292 e. The van der Waals surface area contributed by atoms with Crippen LogP contribution in [0.15, 0.2) is 21.7 Å².